The number of allylic oxidation sites excluding steroid dienone is 1. The monoisotopic (exact) mass is 306 g/mol. The third-order valence-corrected chi connectivity index (χ3v) is 5.83. The normalized spacial score (nSPS) is 33.0. The molecule has 22 heavy (non-hydrogen) atoms. The van der Waals surface area contributed by atoms with Gasteiger partial charge in [0.15, 0.2) is 0 Å². The maximum atomic E-state index is 11.5. The first-order chi connectivity index (χ1) is 10.7. The molecule has 2 heteroatoms. The molecule has 2 rings (SSSR count). The van der Waals surface area contributed by atoms with Crippen molar-refractivity contribution >= 4 is 5.97 Å². The molecule has 0 amide bonds. The Balaban J connectivity index is 1.66. The van der Waals surface area contributed by atoms with E-state index in [4.69, 9.17) is 4.74 Å². The average Bonchev–Trinajstić information content (AvgIpc) is 2.54. The van der Waals surface area contributed by atoms with Crippen LogP contribution in [0.5, 0.6) is 0 Å². The van der Waals surface area contributed by atoms with Crippen molar-refractivity contribution in [3.63, 3.8) is 0 Å². The van der Waals surface area contributed by atoms with Gasteiger partial charge in [0.05, 0.1) is 0 Å². The fraction of sp³-hybridized carbons (Fsp3) is 0.850. The highest BCUT2D eigenvalue weighted by molar-refractivity contribution is 5.81. The van der Waals surface area contributed by atoms with Crippen LogP contribution < -0.4 is 0 Å². The van der Waals surface area contributed by atoms with Gasteiger partial charge < -0.3 is 4.74 Å². The van der Waals surface area contributed by atoms with Gasteiger partial charge in [0.25, 0.3) is 0 Å². The molecule has 0 radical (unpaired) electrons. The van der Waals surface area contributed by atoms with Gasteiger partial charge in [-0.15, -0.1) is 0 Å². The van der Waals surface area contributed by atoms with Gasteiger partial charge in [-0.25, -0.2) is 4.79 Å². The zero-order valence-electron chi connectivity index (χ0n) is 14.6. The highest BCUT2D eigenvalue weighted by Gasteiger charge is 2.31. The third-order valence-electron chi connectivity index (χ3n) is 5.83. The summed E-state index contributed by atoms with van der Waals surface area (Å²) >= 11 is 0. The third kappa shape index (κ3) is 5.44. The molecule has 2 aliphatic carbocycles. The zero-order chi connectivity index (χ0) is 15.8. The summed E-state index contributed by atoms with van der Waals surface area (Å²) in [5, 5.41) is 0. The molecule has 126 valence electrons. The van der Waals surface area contributed by atoms with E-state index >= 15 is 0 Å². The van der Waals surface area contributed by atoms with E-state index in [0.717, 1.165) is 30.6 Å². The van der Waals surface area contributed by atoms with E-state index in [1.807, 2.05) is 6.92 Å². The van der Waals surface area contributed by atoms with Crippen molar-refractivity contribution in [3.8, 4) is 0 Å². The second kappa shape index (κ2) is 9.37. The highest BCUT2D eigenvalue weighted by atomic mass is 16.5. The summed E-state index contributed by atoms with van der Waals surface area (Å²) in [6.45, 7) is 4.15. The molecule has 2 fully saturated rings. The summed E-state index contributed by atoms with van der Waals surface area (Å²) in [7, 11) is 0. The molecule has 0 bridgehead atoms. The molecule has 2 saturated carbocycles. The number of carbonyl (C=O) groups excluding carboxylic acids is 1. The standard InChI is InChI=1S/C20H34O2/c1-3-5-7-16-8-10-17(11-9-16)18-12-14-19(15-13-18)22-20(21)6-4-2/h4,6,16-19H,3,5,7-15H2,1-2H3/b6-4+. The molecule has 0 saturated heterocycles. The number of carbonyl (C=O) groups is 1. The summed E-state index contributed by atoms with van der Waals surface area (Å²) in [5.74, 6) is 2.69. The van der Waals surface area contributed by atoms with Gasteiger partial charge in [0, 0.05) is 6.08 Å². The molecule has 0 aromatic heterocycles. The van der Waals surface area contributed by atoms with Gasteiger partial charge in [0.1, 0.15) is 6.10 Å². The van der Waals surface area contributed by atoms with Crippen molar-refractivity contribution in [2.45, 2.75) is 90.6 Å². The van der Waals surface area contributed by atoms with E-state index in [2.05, 4.69) is 6.92 Å². The molecule has 0 spiro atoms. The van der Waals surface area contributed by atoms with Gasteiger partial charge >= 0.3 is 5.97 Å². The average molecular weight is 306 g/mol. The predicted molar refractivity (Wildman–Crippen MR) is 91.6 cm³/mol. The maximum absolute atomic E-state index is 11.5. The lowest BCUT2D eigenvalue weighted by Crippen LogP contribution is -2.29. The summed E-state index contributed by atoms with van der Waals surface area (Å²) < 4.78 is 5.50. The highest BCUT2D eigenvalue weighted by Crippen LogP contribution is 2.41. The lowest BCUT2D eigenvalue weighted by molar-refractivity contribution is -0.145. The Labute approximate surface area is 136 Å². The van der Waals surface area contributed by atoms with Crippen LogP contribution >= 0.6 is 0 Å². The summed E-state index contributed by atoms with van der Waals surface area (Å²) in [6, 6.07) is 0. The van der Waals surface area contributed by atoms with Crippen molar-refractivity contribution in [2.24, 2.45) is 17.8 Å². The van der Waals surface area contributed by atoms with Crippen LogP contribution in [0.3, 0.4) is 0 Å². The minimum Gasteiger partial charge on any atom is -0.459 e. The Bertz CT molecular complexity index is 345. The lowest BCUT2D eigenvalue weighted by atomic mass is 9.70. The Hall–Kier alpha value is -0.790. The number of hydrogen-bond acceptors (Lipinski definition) is 2. The van der Waals surface area contributed by atoms with E-state index in [9.17, 15) is 4.79 Å². The van der Waals surface area contributed by atoms with Gasteiger partial charge in [-0.05, 0) is 63.2 Å². The first kappa shape index (κ1) is 17.6. The molecule has 0 atom stereocenters. The second-order valence-electron chi connectivity index (χ2n) is 7.40. The van der Waals surface area contributed by atoms with Crippen LogP contribution in [0, 0.1) is 17.8 Å². The molecule has 0 heterocycles. The largest absolute Gasteiger partial charge is 0.459 e. The molecular formula is C20H34O2. The van der Waals surface area contributed by atoms with Crippen LogP contribution in [0.4, 0.5) is 0 Å². The van der Waals surface area contributed by atoms with Crippen molar-refractivity contribution in [1.29, 1.82) is 0 Å². The predicted octanol–water partition coefficient (Wildman–Crippen LogP) is 5.66. The van der Waals surface area contributed by atoms with Crippen molar-refractivity contribution in [2.75, 3.05) is 0 Å². The fourth-order valence-electron chi connectivity index (χ4n) is 4.46. The Morgan fingerprint density at radius 3 is 2.14 bits per heavy atom. The number of unbranched alkanes of at least 4 members (excludes halogenated alkanes) is 1. The summed E-state index contributed by atoms with van der Waals surface area (Å²) in [4.78, 5) is 11.5. The smallest absolute Gasteiger partial charge is 0.330 e. The van der Waals surface area contributed by atoms with E-state index in [1.165, 1.54) is 63.9 Å². The van der Waals surface area contributed by atoms with E-state index in [0.29, 0.717) is 0 Å². The first-order valence-corrected chi connectivity index (χ1v) is 9.56. The van der Waals surface area contributed by atoms with Gasteiger partial charge in [0.2, 0.25) is 0 Å². The van der Waals surface area contributed by atoms with Crippen LogP contribution in [0.1, 0.15) is 84.5 Å². The van der Waals surface area contributed by atoms with Crippen LogP contribution in [0.15, 0.2) is 12.2 Å². The maximum Gasteiger partial charge on any atom is 0.330 e. The zero-order valence-corrected chi connectivity index (χ0v) is 14.6. The fourth-order valence-corrected chi connectivity index (χ4v) is 4.46. The van der Waals surface area contributed by atoms with Crippen molar-refractivity contribution in [3.05, 3.63) is 12.2 Å². The first-order valence-electron chi connectivity index (χ1n) is 9.56. The number of hydrogen-bond donors (Lipinski definition) is 0. The number of rotatable bonds is 6. The van der Waals surface area contributed by atoms with E-state index < -0.39 is 0 Å². The molecular weight excluding hydrogens is 272 g/mol. The second-order valence-corrected chi connectivity index (χ2v) is 7.40. The van der Waals surface area contributed by atoms with E-state index in [1.54, 1.807) is 6.08 Å². The minimum atomic E-state index is -0.164. The summed E-state index contributed by atoms with van der Waals surface area (Å²) in [6.07, 6.45) is 18.1. The quantitative estimate of drug-likeness (QED) is 0.467. The molecule has 0 aliphatic heterocycles. The lowest BCUT2D eigenvalue weighted by Gasteiger charge is -2.37. The molecule has 2 aliphatic rings. The van der Waals surface area contributed by atoms with Crippen LogP contribution in [-0.4, -0.2) is 12.1 Å². The molecule has 0 unspecified atom stereocenters. The molecule has 2 nitrogen and oxygen atoms in total. The van der Waals surface area contributed by atoms with Crippen LogP contribution in [-0.2, 0) is 9.53 Å². The Kier molecular flexibility index (Phi) is 7.48. The van der Waals surface area contributed by atoms with Crippen molar-refractivity contribution in [1.82, 2.24) is 0 Å². The molecule has 0 aromatic carbocycles. The van der Waals surface area contributed by atoms with Crippen LogP contribution in [0.2, 0.25) is 0 Å². The Morgan fingerprint density at radius 1 is 1.00 bits per heavy atom. The summed E-state index contributed by atoms with van der Waals surface area (Å²) in [5.41, 5.74) is 0. The Morgan fingerprint density at radius 2 is 1.59 bits per heavy atom. The topological polar surface area (TPSA) is 26.3 Å². The van der Waals surface area contributed by atoms with Gasteiger partial charge in [-0.1, -0.05) is 45.1 Å². The minimum absolute atomic E-state index is 0.164. The molecule has 0 aromatic rings. The van der Waals surface area contributed by atoms with Crippen LogP contribution in [0.25, 0.3) is 0 Å². The molecule has 0 N–H and O–H groups in total. The van der Waals surface area contributed by atoms with Gasteiger partial charge in [-0.2, -0.15) is 0 Å². The van der Waals surface area contributed by atoms with E-state index in [-0.39, 0.29) is 12.1 Å². The SMILES string of the molecule is C/C=C/C(=O)OC1CCC(C2CCC(CCCC)CC2)CC1. The van der Waals surface area contributed by atoms with Crippen molar-refractivity contribution < 1.29 is 9.53 Å². The number of esters is 1. The number of ether oxygens (including phenoxy) is 1. The van der Waals surface area contributed by atoms with Gasteiger partial charge in [-0.3, -0.25) is 0 Å².